The summed E-state index contributed by atoms with van der Waals surface area (Å²) in [7, 11) is 1.84. The fourth-order valence-corrected chi connectivity index (χ4v) is 3.50. The normalized spacial score (nSPS) is 10.9. The smallest absolute Gasteiger partial charge is 0.209 e. The minimum atomic E-state index is 0.506. The van der Waals surface area contributed by atoms with Gasteiger partial charge >= 0.3 is 0 Å². The molecule has 0 saturated heterocycles. The molecule has 0 aliphatic carbocycles. The van der Waals surface area contributed by atoms with Crippen LogP contribution in [0.5, 0.6) is 11.5 Å². The van der Waals surface area contributed by atoms with Crippen molar-refractivity contribution in [3.05, 3.63) is 59.2 Å². The topological polar surface area (TPSA) is 74.1 Å². The van der Waals surface area contributed by atoms with Crippen molar-refractivity contribution in [1.82, 2.24) is 25.5 Å². The molecule has 0 saturated carbocycles. The first-order valence-corrected chi connectivity index (χ1v) is 10.6. The third-order valence-electron chi connectivity index (χ3n) is 4.27. The summed E-state index contributed by atoms with van der Waals surface area (Å²) in [4.78, 5) is 0. The summed E-state index contributed by atoms with van der Waals surface area (Å²) in [6.45, 7) is 6.69. The van der Waals surface area contributed by atoms with Gasteiger partial charge in [0.25, 0.3) is 0 Å². The van der Waals surface area contributed by atoms with Crippen LogP contribution in [0.2, 0.25) is 0 Å². The van der Waals surface area contributed by atoms with E-state index >= 15 is 0 Å². The Hall–Kier alpha value is -2.58. The first kappa shape index (κ1) is 21.1. The number of nitrogens with one attached hydrogen (secondary N) is 1. The largest absolute Gasteiger partial charge is 0.490 e. The summed E-state index contributed by atoms with van der Waals surface area (Å²) >= 11 is 1.62. The van der Waals surface area contributed by atoms with Crippen molar-refractivity contribution in [2.24, 2.45) is 7.05 Å². The standard InChI is InChI=1S/C21H27N5O2S/c1-4-27-19-7-5-6-18(14-22-12-13-29-21-23-24-25-26(21)3)20(19)28-15-17-10-8-16(2)9-11-17/h5-11,22H,4,12-15H2,1-3H3. The van der Waals surface area contributed by atoms with Crippen LogP contribution < -0.4 is 14.8 Å². The Morgan fingerprint density at radius 3 is 2.66 bits per heavy atom. The van der Waals surface area contributed by atoms with Crippen LogP contribution in [0.3, 0.4) is 0 Å². The molecule has 0 bridgehead atoms. The second-order valence-electron chi connectivity index (χ2n) is 6.56. The van der Waals surface area contributed by atoms with Gasteiger partial charge in [-0.1, -0.05) is 53.7 Å². The Balaban J connectivity index is 1.58. The molecule has 8 heteroatoms. The summed E-state index contributed by atoms with van der Waals surface area (Å²) < 4.78 is 13.6. The summed E-state index contributed by atoms with van der Waals surface area (Å²) in [6, 6.07) is 14.4. The van der Waals surface area contributed by atoms with Crippen LogP contribution in [0.15, 0.2) is 47.6 Å². The SMILES string of the molecule is CCOc1cccc(CNCCSc2nnnn2C)c1OCc1ccc(C)cc1. The maximum absolute atomic E-state index is 6.18. The predicted molar refractivity (Wildman–Crippen MR) is 114 cm³/mol. The zero-order valence-corrected chi connectivity index (χ0v) is 17.9. The Bertz CT molecular complexity index is 898. The monoisotopic (exact) mass is 413 g/mol. The van der Waals surface area contributed by atoms with E-state index in [0.29, 0.717) is 19.8 Å². The summed E-state index contributed by atoms with van der Waals surface area (Å²) in [6.07, 6.45) is 0. The Morgan fingerprint density at radius 2 is 1.93 bits per heavy atom. The molecule has 2 aromatic carbocycles. The van der Waals surface area contributed by atoms with Crippen LogP contribution in [0.25, 0.3) is 0 Å². The number of benzene rings is 2. The molecule has 0 spiro atoms. The van der Waals surface area contributed by atoms with Gasteiger partial charge in [0.2, 0.25) is 5.16 Å². The second-order valence-corrected chi connectivity index (χ2v) is 7.62. The Labute approximate surface area is 175 Å². The molecule has 0 atom stereocenters. The van der Waals surface area contributed by atoms with E-state index in [0.717, 1.165) is 40.1 Å². The van der Waals surface area contributed by atoms with E-state index in [1.807, 2.05) is 26.1 Å². The van der Waals surface area contributed by atoms with Gasteiger partial charge in [-0.25, -0.2) is 4.68 Å². The molecule has 1 heterocycles. The van der Waals surface area contributed by atoms with Crippen LogP contribution in [0, 0.1) is 6.92 Å². The molecule has 154 valence electrons. The van der Waals surface area contributed by atoms with E-state index in [-0.39, 0.29) is 0 Å². The zero-order chi connectivity index (χ0) is 20.5. The minimum absolute atomic E-state index is 0.506. The Kier molecular flexibility index (Phi) is 7.89. The number of tetrazole rings is 1. The van der Waals surface area contributed by atoms with Gasteiger partial charge < -0.3 is 14.8 Å². The van der Waals surface area contributed by atoms with Crippen molar-refractivity contribution in [3.8, 4) is 11.5 Å². The van der Waals surface area contributed by atoms with Crippen molar-refractivity contribution < 1.29 is 9.47 Å². The molecule has 29 heavy (non-hydrogen) atoms. The average Bonchev–Trinajstić information content (AvgIpc) is 3.13. The van der Waals surface area contributed by atoms with Crippen LogP contribution in [-0.2, 0) is 20.2 Å². The number of hydrogen-bond donors (Lipinski definition) is 1. The summed E-state index contributed by atoms with van der Waals surface area (Å²) in [5.74, 6) is 2.45. The van der Waals surface area contributed by atoms with Gasteiger partial charge in [0, 0.05) is 31.5 Å². The molecule has 1 aromatic heterocycles. The van der Waals surface area contributed by atoms with Crippen LogP contribution in [-0.4, -0.2) is 39.1 Å². The number of para-hydroxylation sites is 1. The fourth-order valence-electron chi connectivity index (χ4n) is 2.75. The van der Waals surface area contributed by atoms with E-state index in [1.54, 1.807) is 16.4 Å². The summed E-state index contributed by atoms with van der Waals surface area (Å²) in [5.41, 5.74) is 3.45. The highest BCUT2D eigenvalue weighted by molar-refractivity contribution is 7.99. The highest BCUT2D eigenvalue weighted by Gasteiger charge is 2.11. The molecule has 0 aliphatic rings. The van der Waals surface area contributed by atoms with Gasteiger partial charge in [0.1, 0.15) is 6.61 Å². The van der Waals surface area contributed by atoms with Gasteiger partial charge in [0.05, 0.1) is 6.61 Å². The predicted octanol–water partition coefficient (Wildman–Crippen LogP) is 3.38. The van der Waals surface area contributed by atoms with Gasteiger partial charge in [-0.3, -0.25) is 0 Å². The second kappa shape index (κ2) is 10.8. The van der Waals surface area contributed by atoms with Crippen LogP contribution in [0.1, 0.15) is 23.6 Å². The van der Waals surface area contributed by atoms with Gasteiger partial charge in [-0.2, -0.15) is 0 Å². The number of rotatable bonds is 11. The highest BCUT2D eigenvalue weighted by atomic mass is 32.2. The maximum Gasteiger partial charge on any atom is 0.209 e. The first-order valence-electron chi connectivity index (χ1n) is 9.66. The number of aromatic nitrogens is 4. The number of ether oxygens (including phenoxy) is 2. The lowest BCUT2D eigenvalue weighted by molar-refractivity contribution is 0.266. The lowest BCUT2D eigenvalue weighted by atomic mass is 10.1. The quantitative estimate of drug-likeness (QED) is 0.381. The molecule has 3 rings (SSSR count). The lowest BCUT2D eigenvalue weighted by Crippen LogP contribution is -2.17. The average molecular weight is 414 g/mol. The van der Waals surface area contributed by atoms with Crippen molar-refractivity contribution in [3.63, 3.8) is 0 Å². The first-order chi connectivity index (χ1) is 14.2. The molecule has 7 nitrogen and oxygen atoms in total. The molecule has 0 fully saturated rings. The third kappa shape index (κ3) is 6.20. The molecule has 3 aromatic rings. The number of nitrogens with zero attached hydrogens (tertiary/aromatic N) is 4. The zero-order valence-electron chi connectivity index (χ0n) is 17.1. The third-order valence-corrected chi connectivity index (χ3v) is 5.28. The summed E-state index contributed by atoms with van der Waals surface area (Å²) in [5, 5.41) is 15.7. The van der Waals surface area contributed by atoms with E-state index < -0.39 is 0 Å². The van der Waals surface area contributed by atoms with Gasteiger partial charge in [-0.15, -0.1) is 5.10 Å². The molecule has 0 radical (unpaired) electrons. The van der Waals surface area contributed by atoms with Crippen LogP contribution >= 0.6 is 11.8 Å². The minimum Gasteiger partial charge on any atom is -0.490 e. The van der Waals surface area contributed by atoms with Crippen molar-refractivity contribution in [2.45, 2.75) is 32.2 Å². The van der Waals surface area contributed by atoms with Gasteiger partial charge in [-0.05, 0) is 35.9 Å². The van der Waals surface area contributed by atoms with Crippen molar-refractivity contribution in [1.29, 1.82) is 0 Å². The molecular formula is C21H27N5O2S. The Morgan fingerprint density at radius 1 is 1.10 bits per heavy atom. The molecule has 0 amide bonds. The molecule has 1 N–H and O–H groups in total. The number of aryl methyl sites for hydroxylation is 2. The number of hydrogen-bond acceptors (Lipinski definition) is 7. The van der Waals surface area contributed by atoms with E-state index in [1.165, 1.54) is 5.56 Å². The van der Waals surface area contributed by atoms with Crippen LogP contribution in [0.4, 0.5) is 0 Å². The van der Waals surface area contributed by atoms with Gasteiger partial charge in [0.15, 0.2) is 11.5 Å². The van der Waals surface area contributed by atoms with Crippen molar-refractivity contribution >= 4 is 11.8 Å². The van der Waals surface area contributed by atoms with Crippen molar-refractivity contribution in [2.75, 3.05) is 18.9 Å². The highest BCUT2D eigenvalue weighted by Crippen LogP contribution is 2.32. The lowest BCUT2D eigenvalue weighted by Gasteiger charge is -2.16. The molecular weight excluding hydrogens is 386 g/mol. The maximum atomic E-state index is 6.18. The molecule has 0 unspecified atom stereocenters. The van der Waals surface area contributed by atoms with E-state index in [9.17, 15) is 0 Å². The fraction of sp³-hybridized carbons (Fsp3) is 0.381. The number of thioether (sulfide) groups is 1. The van der Waals surface area contributed by atoms with E-state index in [2.05, 4.69) is 58.1 Å². The molecule has 0 aliphatic heterocycles. The van der Waals surface area contributed by atoms with E-state index in [4.69, 9.17) is 9.47 Å².